The number of carbonyl (C=O) groups excluding carboxylic acids is 1. The molecule has 1 amide bonds. The van der Waals surface area contributed by atoms with Crippen molar-refractivity contribution in [3.63, 3.8) is 0 Å². The molecule has 0 bridgehead atoms. The van der Waals surface area contributed by atoms with Gasteiger partial charge < -0.3 is 15.5 Å². The number of hydrogen-bond acceptors (Lipinski definition) is 3. The van der Waals surface area contributed by atoms with Gasteiger partial charge in [-0.05, 0) is 61.7 Å². The second kappa shape index (κ2) is 9.66. The first-order valence-corrected chi connectivity index (χ1v) is 10.2. The molecule has 1 atom stereocenters. The summed E-state index contributed by atoms with van der Waals surface area (Å²) in [7, 11) is 0. The van der Waals surface area contributed by atoms with Gasteiger partial charge in [0.15, 0.2) is 11.6 Å². The lowest BCUT2D eigenvalue weighted by Gasteiger charge is -2.35. The maximum Gasteiger partial charge on any atom is 0.249 e. The molecule has 0 radical (unpaired) electrons. The van der Waals surface area contributed by atoms with Crippen LogP contribution < -0.4 is 10.5 Å². The Hall–Kier alpha value is -2.64. The van der Waals surface area contributed by atoms with E-state index >= 15 is 0 Å². The van der Waals surface area contributed by atoms with Gasteiger partial charge in [0.1, 0.15) is 12.4 Å². The molecular formula is C23H26ClF2N3O2. The molecule has 2 aromatic carbocycles. The molecule has 1 unspecified atom stereocenters. The molecule has 31 heavy (non-hydrogen) atoms. The Balaban J connectivity index is 0.00000272. The Morgan fingerprint density at radius 2 is 2.06 bits per heavy atom. The van der Waals surface area contributed by atoms with Crippen LogP contribution in [0, 0.1) is 11.6 Å². The predicted molar refractivity (Wildman–Crippen MR) is 119 cm³/mol. The first-order valence-electron chi connectivity index (χ1n) is 10.2. The number of rotatable bonds is 7. The highest BCUT2D eigenvalue weighted by atomic mass is 35.5. The molecule has 0 saturated heterocycles. The van der Waals surface area contributed by atoms with E-state index in [0.717, 1.165) is 42.4 Å². The number of primary amides is 1. The number of fused-ring (bicyclic) bond motifs is 2. The second-order valence-electron chi connectivity index (χ2n) is 7.73. The van der Waals surface area contributed by atoms with Crippen LogP contribution in [0.4, 0.5) is 8.78 Å². The lowest BCUT2D eigenvalue weighted by Crippen LogP contribution is -2.45. The molecule has 4 rings (SSSR count). The fraction of sp³-hybridized carbons (Fsp3) is 0.348. The molecule has 166 valence electrons. The second-order valence-corrected chi connectivity index (χ2v) is 7.73. The summed E-state index contributed by atoms with van der Waals surface area (Å²) >= 11 is 0. The van der Waals surface area contributed by atoms with Crippen LogP contribution in [0.15, 0.2) is 36.5 Å². The summed E-state index contributed by atoms with van der Waals surface area (Å²) < 4.78 is 33.6. The molecule has 0 fully saturated rings. The molecule has 8 heteroatoms. The Morgan fingerprint density at radius 3 is 2.81 bits per heavy atom. The van der Waals surface area contributed by atoms with E-state index in [0.29, 0.717) is 24.2 Å². The zero-order valence-electron chi connectivity index (χ0n) is 17.3. The number of amides is 1. The minimum absolute atomic E-state index is 0. The third-order valence-corrected chi connectivity index (χ3v) is 5.76. The molecule has 1 aromatic heterocycles. The number of H-pyrrole nitrogens is 1. The third kappa shape index (κ3) is 4.67. The number of nitrogens with one attached hydrogen (secondary N) is 1. The highest BCUT2D eigenvalue weighted by Gasteiger charge is 2.30. The number of benzene rings is 2. The molecule has 2 heterocycles. The normalized spacial score (nSPS) is 15.4. The van der Waals surface area contributed by atoms with Crippen molar-refractivity contribution in [2.24, 2.45) is 5.73 Å². The first kappa shape index (κ1) is 23.0. The molecule has 1 aliphatic rings. The molecule has 0 spiro atoms. The fourth-order valence-electron chi connectivity index (χ4n) is 4.28. The van der Waals surface area contributed by atoms with Gasteiger partial charge in [0.25, 0.3) is 0 Å². The van der Waals surface area contributed by atoms with Crippen LogP contribution in [-0.4, -0.2) is 41.5 Å². The van der Waals surface area contributed by atoms with Crippen LogP contribution in [0.25, 0.3) is 10.9 Å². The van der Waals surface area contributed by atoms with Crippen molar-refractivity contribution in [3.8, 4) is 5.75 Å². The van der Waals surface area contributed by atoms with E-state index < -0.39 is 11.7 Å². The molecular weight excluding hydrogens is 424 g/mol. The zero-order valence-corrected chi connectivity index (χ0v) is 18.1. The fourth-order valence-corrected chi connectivity index (χ4v) is 4.28. The topological polar surface area (TPSA) is 71.3 Å². The summed E-state index contributed by atoms with van der Waals surface area (Å²) in [5.41, 5.74) is 8.29. The van der Waals surface area contributed by atoms with Gasteiger partial charge in [-0.25, -0.2) is 8.78 Å². The number of nitrogens with two attached hydrogens (primary N) is 1. The summed E-state index contributed by atoms with van der Waals surface area (Å²) in [6.07, 6.45) is 4.09. The summed E-state index contributed by atoms with van der Waals surface area (Å²) in [6, 6.07) is 7.38. The predicted octanol–water partition coefficient (Wildman–Crippen LogP) is 4.23. The molecule has 0 aliphatic carbocycles. The van der Waals surface area contributed by atoms with Crippen molar-refractivity contribution in [2.75, 3.05) is 19.7 Å². The number of aromatic nitrogens is 1. The molecule has 0 saturated carbocycles. The Labute approximate surface area is 186 Å². The number of nitrogens with zero attached hydrogens (tertiary/aromatic N) is 1. The summed E-state index contributed by atoms with van der Waals surface area (Å²) in [4.78, 5) is 17.3. The monoisotopic (exact) mass is 449 g/mol. The minimum atomic E-state index is -0.585. The van der Waals surface area contributed by atoms with Crippen LogP contribution in [0.2, 0.25) is 0 Å². The summed E-state index contributed by atoms with van der Waals surface area (Å²) in [5, 5.41) is 0.884. The molecule has 3 aromatic rings. The van der Waals surface area contributed by atoms with Gasteiger partial charge in [0.2, 0.25) is 5.91 Å². The molecule has 5 nitrogen and oxygen atoms in total. The van der Waals surface area contributed by atoms with Crippen molar-refractivity contribution in [2.45, 2.75) is 32.2 Å². The van der Waals surface area contributed by atoms with Gasteiger partial charge in [-0.15, -0.1) is 12.4 Å². The van der Waals surface area contributed by atoms with Gasteiger partial charge in [-0.1, -0.05) is 6.92 Å². The third-order valence-electron chi connectivity index (χ3n) is 5.76. The lowest BCUT2D eigenvalue weighted by molar-refractivity contribution is 0.0986. The minimum Gasteiger partial charge on any atom is -0.489 e. The number of aromatic amines is 1. The van der Waals surface area contributed by atoms with Crippen LogP contribution in [-0.2, 0) is 12.8 Å². The van der Waals surface area contributed by atoms with E-state index in [9.17, 15) is 13.6 Å². The number of ether oxygens (including phenoxy) is 1. The zero-order chi connectivity index (χ0) is 21.3. The van der Waals surface area contributed by atoms with E-state index in [1.54, 1.807) is 12.1 Å². The maximum absolute atomic E-state index is 14.2. The van der Waals surface area contributed by atoms with E-state index in [-0.39, 0.29) is 30.0 Å². The standard InChI is InChI=1S/C23H25F2N3O2.ClH/c1-2-8-28(9-7-14-12-27-21-6-3-15(24)10-18(14)21)16-11-19-17(23(26)29)4-5-20(25)22(19)30-13-16;/h3-6,10,12,16,27H,2,7-9,11,13H2,1H3,(H2,26,29);1H. The van der Waals surface area contributed by atoms with E-state index in [1.807, 2.05) is 6.20 Å². The summed E-state index contributed by atoms with van der Waals surface area (Å²) in [6.45, 7) is 4.01. The van der Waals surface area contributed by atoms with Crippen LogP contribution in [0.3, 0.4) is 0 Å². The Morgan fingerprint density at radius 1 is 1.26 bits per heavy atom. The number of hydrogen-bond donors (Lipinski definition) is 2. The summed E-state index contributed by atoms with van der Waals surface area (Å²) in [5.74, 6) is -1.19. The van der Waals surface area contributed by atoms with Crippen LogP contribution in [0.1, 0.15) is 34.8 Å². The van der Waals surface area contributed by atoms with Crippen molar-refractivity contribution < 1.29 is 18.3 Å². The number of carbonyl (C=O) groups is 1. The molecule has 3 N–H and O–H groups in total. The largest absolute Gasteiger partial charge is 0.489 e. The van der Waals surface area contributed by atoms with Crippen molar-refractivity contribution in [1.29, 1.82) is 0 Å². The van der Waals surface area contributed by atoms with E-state index in [2.05, 4.69) is 16.8 Å². The van der Waals surface area contributed by atoms with Crippen molar-refractivity contribution in [1.82, 2.24) is 9.88 Å². The smallest absolute Gasteiger partial charge is 0.249 e. The highest BCUT2D eigenvalue weighted by molar-refractivity contribution is 5.95. The van der Waals surface area contributed by atoms with Gasteiger partial charge in [0, 0.05) is 40.8 Å². The Kier molecular flexibility index (Phi) is 7.18. The van der Waals surface area contributed by atoms with Crippen LogP contribution in [0.5, 0.6) is 5.75 Å². The lowest BCUT2D eigenvalue weighted by atomic mass is 9.95. The molecule has 1 aliphatic heterocycles. The highest BCUT2D eigenvalue weighted by Crippen LogP contribution is 2.32. The Bertz CT molecular complexity index is 1090. The first-order chi connectivity index (χ1) is 14.5. The van der Waals surface area contributed by atoms with Crippen molar-refractivity contribution >= 4 is 29.2 Å². The van der Waals surface area contributed by atoms with E-state index in [1.165, 1.54) is 18.2 Å². The van der Waals surface area contributed by atoms with Crippen molar-refractivity contribution in [3.05, 3.63) is 64.9 Å². The quantitative estimate of drug-likeness (QED) is 0.567. The number of halogens is 3. The van der Waals surface area contributed by atoms with Gasteiger partial charge >= 0.3 is 0 Å². The van der Waals surface area contributed by atoms with Crippen LogP contribution >= 0.6 is 12.4 Å². The SMILES string of the molecule is CCCN(CCc1c[nH]c2ccc(F)cc12)C1COc2c(F)ccc(C(N)=O)c2C1.Cl. The average Bonchev–Trinajstić information content (AvgIpc) is 3.13. The maximum atomic E-state index is 14.2. The van der Waals surface area contributed by atoms with E-state index in [4.69, 9.17) is 10.5 Å². The average molecular weight is 450 g/mol. The van der Waals surface area contributed by atoms with Gasteiger partial charge in [0.05, 0.1) is 0 Å². The van der Waals surface area contributed by atoms with Gasteiger partial charge in [-0.2, -0.15) is 0 Å². The van der Waals surface area contributed by atoms with Gasteiger partial charge in [-0.3, -0.25) is 9.69 Å².